The summed E-state index contributed by atoms with van der Waals surface area (Å²) in [6.45, 7) is 0. The number of azo groups is 1. The van der Waals surface area contributed by atoms with Crippen LogP contribution in [-0.4, -0.2) is 23.0 Å². The van der Waals surface area contributed by atoms with Crippen molar-refractivity contribution in [3.05, 3.63) is 72.7 Å². The van der Waals surface area contributed by atoms with Crippen molar-refractivity contribution in [3.63, 3.8) is 0 Å². The molecule has 0 spiro atoms. The highest BCUT2D eigenvalue weighted by molar-refractivity contribution is 6.04. The number of benzene rings is 1. The molecular weight excluding hydrogens is 318 g/mol. The van der Waals surface area contributed by atoms with E-state index in [0.29, 0.717) is 28.5 Å². The molecule has 0 aliphatic heterocycles. The fraction of sp³-hybridized carbons (Fsp3) is 0.0556. The Labute approximate surface area is 144 Å². The number of anilines is 1. The van der Waals surface area contributed by atoms with Crippen molar-refractivity contribution in [1.82, 2.24) is 9.97 Å². The quantitative estimate of drug-likeness (QED) is 0.710. The number of aromatic nitrogens is 2. The summed E-state index contributed by atoms with van der Waals surface area (Å²) in [5, 5.41) is 11.0. The van der Waals surface area contributed by atoms with Crippen molar-refractivity contribution in [2.24, 2.45) is 10.2 Å². The molecule has 124 valence electrons. The Morgan fingerprint density at radius 1 is 1.08 bits per heavy atom. The summed E-state index contributed by atoms with van der Waals surface area (Å²) in [6, 6.07) is 13.9. The van der Waals surface area contributed by atoms with Crippen molar-refractivity contribution in [2.45, 2.75) is 0 Å². The van der Waals surface area contributed by atoms with Crippen molar-refractivity contribution in [3.8, 4) is 5.75 Å². The molecule has 7 nitrogen and oxygen atoms in total. The molecule has 0 aliphatic carbocycles. The summed E-state index contributed by atoms with van der Waals surface area (Å²) in [6.07, 6.45) is 4.75. The second-order valence-corrected chi connectivity index (χ2v) is 4.97. The van der Waals surface area contributed by atoms with Crippen LogP contribution in [0.25, 0.3) is 0 Å². The normalized spacial score (nSPS) is 10.6. The van der Waals surface area contributed by atoms with Crippen LogP contribution in [0.2, 0.25) is 0 Å². The third kappa shape index (κ3) is 4.23. The molecule has 3 aromatic rings. The van der Waals surface area contributed by atoms with Gasteiger partial charge in [-0.2, -0.15) is 0 Å². The van der Waals surface area contributed by atoms with Crippen molar-refractivity contribution in [2.75, 3.05) is 12.4 Å². The lowest BCUT2D eigenvalue weighted by molar-refractivity contribution is 0.102. The maximum absolute atomic E-state index is 12.2. The Kier molecular flexibility index (Phi) is 5.06. The number of amides is 1. The fourth-order valence-corrected chi connectivity index (χ4v) is 2.06. The minimum absolute atomic E-state index is 0.269. The molecule has 1 N–H and O–H groups in total. The number of carbonyl (C=O) groups excluding carboxylic acids is 1. The number of ether oxygens (including phenoxy) is 1. The predicted molar refractivity (Wildman–Crippen MR) is 93.6 cm³/mol. The molecule has 0 radical (unpaired) electrons. The van der Waals surface area contributed by atoms with Gasteiger partial charge in [0.2, 0.25) is 0 Å². The summed E-state index contributed by atoms with van der Waals surface area (Å²) in [7, 11) is 1.52. The van der Waals surface area contributed by atoms with Gasteiger partial charge in [-0.05, 0) is 36.4 Å². The molecule has 1 aromatic carbocycles. The van der Waals surface area contributed by atoms with Crippen molar-refractivity contribution in [1.29, 1.82) is 0 Å². The molecule has 3 rings (SSSR count). The first-order valence-corrected chi connectivity index (χ1v) is 7.48. The number of hydrogen-bond donors (Lipinski definition) is 1. The van der Waals surface area contributed by atoms with Crippen LogP contribution < -0.4 is 10.1 Å². The van der Waals surface area contributed by atoms with Gasteiger partial charge in [0.15, 0.2) is 5.82 Å². The molecule has 7 heteroatoms. The number of nitrogens with zero attached hydrogens (tertiary/aromatic N) is 4. The maximum atomic E-state index is 12.2. The lowest BCUT2D eigenvalue weighted by atomic mass is 10.2. The molecule has 0 saturated heterocycles. The number of hydrogen-bond acceptors (Lipinski definition) is 6. The van der Waals surface area contributed by atoms with Gasteiger partial charge in [-0.3, -0.25) is 9.78 Å². The van der Waals surface area contributed by atoms with Gasteiger partial charge >= 0.3 is 0 Å². The number of carbonyl (C=O) groups is 1. The Morgan fingerprint density at radius 2 is 2.00 bits per heavy atom. The van der Waals surface area contributed by atoms with Crippen LogP contribution in [0, 0.1) is 0 Å². The van der Waals surface area contributed by atoms with Crippen LogP contribution >= 0.6 is 0 Å². The molecule has 0 aliphatic rings. The van der Waals surface area contributed by atoms with E-state index >= 15 is 0 Å². The zero-order valence-corrected chi connectivity index (χ0v) is 13.5. The van der Waals surface area contributed by atoms with Gasteiger partial charge in [-0.25, -0.2) is 4.98 Å². The van der Waals surface area contributed by atoms with E-state index in [1.54, 1.807) is 48.8 Å². The molecule has 0 saturated carbocycles. The maximum Gasteiger partial charge on any atom is 0.257 e. The minimum atomic E-state index is -0.269. The first-order chi connectivity index (χ1) is 12.3. The highest BCUT2D eigenvalue weighted by atomic mass is 16.5. The Balaban J connectivity index is 1.78. The van der Waals surface area contributed by atoms with Crippen LogP contribution in [-0.2, 0) is 0 Å². The fourth-order valence-electron chi connectivity index (χ4n) is 2.06. The molecule has 0 bridgehead atoms. The van der Waals surface area contributed by atoms with Gasteiger partial charge in [0, 0.05) is 24.7 Å². The third-order valence-electron chi connectivity index (χ3n) is 3.27. The molecule has 25 heavy (non-hydrogen) atoms. The van der Waals surface area contributed by atoms with Crippen molar-refractivity contribution < 1.29 is 9.53 Å². The lowest BCUT2D eigenvalue weighted by Gasteiger charge is -2.10. The van der Waals surface area contributed by atoms with E-state index in [4.69, 9.17) is 4.74 Å². The van der Waals surface area contributed by atoms with Crippen molar-refractivity contribution >= 4 is 23.1 Å². The van der Waals surface area contributed by atoms with Crippen LogP contribution in [0.5, 0.6) is 5.75 Å². The Bertz CT molecular complexity index is 882. The van der Waals surface area contributed by atoms with Gasteiger partial charge in [0.1, 0.15) is 5.75 Å². The highest BCUT2D eigenvalue weighted by Gasteiger charge is 2.10. The monoisotopic (exact) mass is 333 g/mol. The van der Waals surface area contributed by atoms with Crippen LogP contribution in [0.3, 0.4) is 0 Å². The van der Waals surface area contributed by atoms with Crippen LogP contribution in [0.1, 0.15) is 10.4 Å². The average Bonchev–Trinajstić information content (AvgIpc) is 2.68. The number of pyridine rings is 2. The predicted octanol–water partition coefficient (Wildman–Crippen LogP) is 4.15. The van der Waals surface area contributed by atoms with E-state index in [0.717, 1.165) is 0 Å². The van der Waals surface area contributed by atoms with E-state index in [9.17, 15) is 4.79 Å². The van der Waals surface area contributed by atoms with Gasteiger partial charge in [-0.15, -0.1) is 10.2 Å². The van der Waals surface area contributed by atoms with Gasteiger partial charge in [0.25, 0.3) is 5.91 Å². The van der Waals surface area contributed by atoms with Gasteiger partial charge in [0.05, 0.1) is 24.0 Å². The first-order valence-electron chi connectivity index (χ1n) is 7.48. The second-order valence-electron chi connectivity index (χ2n) is 4.97. The standard InChI is InChI=1S/C18H15N5O2/c1-25-16-11-14(22-23-17-6-2-3-10-20-17)7-8-15(16)21-18(24)13-5-4-9-19-12-13/h2-12H,1H3,(H,21,24). The Hall–Kier alpha value is -3.61. The average molecular weight is 333 g/mol. The largest absolute Gasteiger partial charge is 0.494 e. The molecule has 0 fully saturated rings. The van der Waals surface area contributed by atoms with Gasteiger partial charge in [-0.1, -0.05) is 6.07 Å². The van der Waals surface area contributed by atoms with E-state index in [1.807, 2.05) is 12.1 Å². The SMILES string of the molecule is COc1cc(N=Nc2ccccn2)ccc1NC(=O)c1cccnc1. The summed E-state index contributed by atoms with van der Waals surface area (Å²) in [5.74, 6) is 0.722. The topological polar surface area (TPSA) is 88.8 Å². The molecule has 2 heterocycles. The molecular formula is C18H15N5O2. The molecule has 0 unspecified atom stereocenters. The summed E-state index contributed by atoms with van der Waals surface area (Å²) < 4.78 is 5.33. The minimum Gasteiger partial charge on any atom is -0.494 e. The lowest BCUT2D eigenvalue weighted by Crippen LogP contribution is -2.12. The smallest absolute Gasteiger partial charge is 0.257 e. The Morgan fingerprint density at radius 3 is 2.72 bits per heavy atom. The second kappa shape index (κ2) is 7.78. The van der Waals surface area contributed by atoms with Crippen LogP contribution in [0.4, 0.5) is 17.2 Å². The summed E-state index contributed by atoms with van der Waals surface area (Å²) >= 11 is 0. The first kappa shape index (κ1) is 16.3. The summed E-state index contributed by atoms with van der Waals surface area (Å²) in [4.78, 5) is 20.2. The van der Waals surface area contributed by atoms with E-state index in [-0.39, 0.29) is 5.91 Å². The molecule has 1 amide bonds. The zero-order chi connectivity index (χ0) is 17.5. The van der Waals surface area contributed by atoms with E-state index in [1.165, 1.54) is 13.3 Å². The van der Waals surface area contributed by atoms with E-state index in [2.05, 4.69) is 25.5 Å². The number of methoxy groups -OCH3 is 1. The highest BCUT2D eigenvalue weighted by Crippen LogP contribution is 2.30. The number of rotatable bonds is 5. The van der Waals surface area contributed by atoms with Crippen LogP contribution in [0.15, 0.2) is 77.3 Å². The number of nitrogens with one attached hydrogen (secondary N) is 1. The van der Waals surface area contributed by atoms with E-state index < -0.39 is 0 Å². The van der Waals surface area contributed by atoms with Gasteiger partial charge < -0.3 is 10.1 Å². The zero-order valence-electron chi connectivity index (χ0n) is 13.5. The molecule has 2 aromatic heterocycles. The molecule has 0 atom stereocenters. The third-order valence-corrected chi connectivity index (χ3v) is 3.27. The summed E-state index contributed by atoms with van der Waals surface area (Å²) in [5.41, 5.74) is 1.58.